The molecule has 518 valence electrons. The summed E-state index contributed by atoms with van der Waals surface area (Å²) in [6.07, 6.45) is 24.8. The van der Waals surface area contributed by atoms with Gasteiger partial charge in [-0.05, 0) is 209 Å². The van der Waals surface area contributed by atoms with Crippen molar-refractivity contribution in [3.63, 3.8) is 0 Å². The predicted octanol–water partition coefficient (Wildman–Crippen LogP) is 17.1. The van der Waals surface area contributed by atoms with Crippen molar-refractivity contribution in [1.82, 2.24) is 0 Å². The lowest BCUT2D eigenvalue weighted by Gasteiger charge is -2.08. The van der Waals surface area contributed by atoms with Gasteiger partial charge in [-0.2, -0.15) is 0 Å². The first-order chi connectivity index (χ1) is 45.4. The van der Waals surface area contributed by atoms with Crippen LogP contribution in [0.15, 0.2) is 121 Å². The van der Waals surface area contributed by atoms with Gasteiger partial charge in [0.15, 0.2) is 0 Å². The molecule has 0 atom stereocenters. The zero-order chi connectivity index (χ0) is 68.8. The Labute approximate surface area is 559 Å². The number of hydrogen-bond acceptors (Lipinski definition) is 18. The normalized spacial score (nSPS) is 10.4. The minimum Gasteiger partial charge on any atom is -0.494 e. The molecule has 0 fully saturated rings. The van der Waals surface area contributed by atoms with Gasteiger partial charge in [-0.3, -0.25) is 14.4 Å². The third kappa shape index (κ3) is 42.8. The average molecular weight is 1310 g/mol. The summed E-state index contributed by atoms with van der Waals surface area (Å²) in [6, 6.07) is 27.4. The van der Waals surface area contributed by atoms with E-state index in [-0.39, 0.29) is 35.8 Å². The molecule has 0 bridgehead atoms. The maximum atomic E-state index is 12.4. The molecule has 18 heteroatoms. The zero-order valence-corrected chi connectivity index (χ0v) is 57.0. The number of benzene rings is 4. The van der Waals surface area contributed by atoms with E-state index in [2.05, 4.69) is 20.1 Å². The highest BCUT2D eigenvalue weighted by atomic mass is 16.6. The third-order valence-electron chi connectivity index (χ3n) is 14.1. The van der Waals surface area contributed by atoms with Gasteiger partial charge in [0.2, 0.25) is 0 Å². The van der Waals surface area contributed by atoms with Crippen LogP contribution in [-0.2, 0) is 52.4 Å². The Hall–Kier alpha value is -8.28. The minimum absolute atomic E-state index is 0.0892. The topological polar surface area (TPSA) is 229 Å². The predicted molar refractivity (Wildman–Crippen MR) is 363 cm³/mol. The SMILES string of the molecule is C=C(C)C(=O)OCCCCCCOc1ccc(C(=O)Oc2ccc(C(=O)OCCCCCC)cc2)cc1.C=C(C)C(=O)OCCCCCCOc1ccc(C(=O)Oc2ccc(C)cc2)cc1.CCOC(=O)CCCCCCCCCCC(=O)OCCCCCCOC(C)=O. The number of esters is 8. The van der Waals surface area contributed by atoms with E-state index >= 15 is 0 Å². The van der Waals surface area contributed by atoms with Gasteiger partial charge < -0.3 is 47.4 Å². The number of unbranched alkanes of at least 4 members (excludes halogenated alkanes) is 19. The van der Waals surface area contributed by atoms with Crippen LogP contribution in [0.3, 0.4) is 0 Å². The highest BCUT2D eigenvalue weighted by molar-refractivity contribution is 5.92. The van der Waals surface area contributed by atoms with Crippen molar-refractivity contribution in [3.8, 4) is 23.0 Å². The van der Waals surface area contributed by atoms with Crippen LogP contribution in [0.5, 0.6) is 23.0 Å². The number of carbonyl (C=O) groups excluding carboxylic acids is 8. The fraction of sp³-hybridized carbons (Fsp3) is 0.526. The number of ether oxygens (including phenoxy) is 10. The Morgan fingerprint density at radius 3 is 1.01 bits per heavy atom. The maximum absolute atomic E-state index is 12.4. The summed E-state index contributed by atoms with van der Waals surface area (Å²) in [7, 11) is 0. The van der Waals surface area contributed by atoms with Crippen molar-refractivity contribution >= 4 is 47.8 Å². The van der Waals surface area contributed by atoms with Gasteiger partial charge in [0.05, 0.1) is 69.5 Å². The summed E-state index contributed by atoms with van der Waals surface area (Å²) < 4.78 is 52.5. The molecule has 4 aromatic carbocycles. The van der Waals surface area contributed by atoms with Gasteiger partial charge in [-0.1, -0.05) is 95.6 Å². The first-order valence-corrected chi connectivity index (χ1v) is 33.8. The summed E-state index contributed by atoms with van der Waals surface area (Å²) in [5.74, 6) is -0.121. The van der Waals surface area contributed by atoms with Gasteiger partial charge in [0, 0.05) is 30.9 Å². The number of carbonyl (C=O) groups is 8. The van der Waals surface area contributed by atoms with E-state index < -0.39 is 11.9 Å². The molecule has 0 aromatic heterocycles. The molecule has 0 aliphatic heterocycles. The van der Waals surface area contributed by atoms with E-state index in [9.17, 15) is 38.4 Å². The molecule has 4 rings (SSSR count). The molecule has 0 saturated carbocycles. The van der Waals surface area contributed by atoms with Crippen LogP contribution in [-0.4, -0.2) is 101 Å². The van der Waals surface area contributed by atoms with Gasteiger partial charge in [-0.25, -0.2) is 24.0 Å². The molecule has 0 aliphatic carbocycles. The summed E-state index contributed by atoms with van der Waals surface area (Å²) in [5.41, 5.74) is 3.23. The fourth-order valence-corrected chi connectivity index (χ4v) is 8.68. The molecule has 0 heterocycles. The second kappa shape index (κ2) is 53.1. The van der Waals surface area contributed by atoms with Crippen LogP contribution in [0.25, 0.3) is 0 Å². The van der Waals surface area contributed by atoms with Crippen LogP contribution < -0.4 is 18.9 Å². The monoisotopic (exact) mass is 1310 g/mol. The molecule has 0 aliphatic rings. The molecular formula is C76H106O18. The summed E-state index contributed by atoms with van der Waals surface area (Å²) in [5, 5.41) is 0. The maximum Gasteiger partial charge on any atom is 0.343 e. The van der Waals surface area contributed by atoms with Crippen LogP contribution in [0.1, 0.15) is 238 Å². The van der Waals surface area contributed by atoms with E-state index in [1.54, 1.807) is 98.8 Å². The van der Waals surface area contributed by atoms with Crippen LogP contribution >= 0.6 is 0 Å². The Bertz CT molecular complexity index is 2790. The number of rotatable bonds is 47. The minimum atomic E-state index is -0.495. The molecule has 0 spiro atoms. The van der Waals surface area contributed by atoms with E-state index in [1.165, 1.54) is 19.8 Å². The van der Waals surface area contributed by atoms with E-state index in [1.807, 2.05) is 26.0 Å². The Kier molecular flexibility index (Phi) is 46.2. The van der Waals surface area contributed by atoms with Gasteiger partial charge in [-0.15, -0.1) is 0 Å². The van der Waals surface area contributed by atoms with E-state index in [0.29, 0.717) is 117 Å². The highest BCUT2D eigenvalue weighted by Gasteiger charge is 2.14. The molecule has 0 radical (unpaired) electrons. The second-order valence-corrected chi connectivity index (χ2v) is 22.8. The third-order valence-corrected chi connectivity index (χ3v) is 14.1. The van der Waals surface area contributed by atoms with Crippen molar-refractivity contribution in [3.05, 3.63) is 144 Å². The highest BCUT2D eigenvalue weighted by Crippen LogP contribution is 2.21. The van der Waals surface area contributed by atoms with Gasteiger partial charge in [0.25, 0.3) is 0 Å². The average Bonchev–Trinajstić information content (AvgIpc) is 1.11. The quantitative estimate of drug-likeness (QED) is 0.0132. The standard InChI is InChI=1S/C30H38O7.C24H28O5.C22H40O6/c1-4-5-6-9-22-36-29(32)24-14-18-27(19-15-24)37-30(33)25-12-16-26(17-13-25)34-20-10-7-8-11-21-35-28(31)23(2)3;1-18(2)23(25)28-17-7-5-4-6-16-27-21-14-10-20(11-15-21)24(26)29-22-12-8-19(3)9-13-22;1-3-26-21(24)16-12-8-6-4-5-7-9-13-17-22(25)28-19-15-11-10-14-18-27-20(2)23/h12-19H,2,4-11,20-22H2,1,3H3;8-15H,1,4-7,16-17H2,2-3H3;3-19H2,1-2H3. The zero-order valence-electron chi connectivity index (χ0n) is 57.0. The lowest BCUT2D eigenvalue weighted by atomic mass is 10.1. The molecule has 0 N–H and O–H groups in total. The van der Waals surface area contributed by atoms with Gasteiger partial charge >= 0.3 is 47.8 Å². The summed E-state index contributed by atoms with van der Waals surface area (Å²) in [4.78, 5) is 92.7. The molecular weight excluding hydrogens is 1200 g/mol. The smallest absolute Gasteiger partial charge is 0.343 e. The fourth-order valence-electron chi connectivity index (χ4n) is 8.68. The van der Waals surface area contributed by atoms with Crippen LogP contribution in [0.4, 0.5) is 0 Å². The molecule has 4 aromatic rings. The first kappa shape index (κ1) is 81.8. The first-order valence-electron chi connectivity index (χ1n) is 33.8. The Morgan fingerprint density at radius 1 is 0.319 bits per heavy atom. The Balaban J connectivity index is 0.000000487. The van der Waals surface area contributed by atoms with Crippen molar-refractivity contribution in [2.24, 2.45) is 0 Å². The second-order valence-electron chi connectivity index (χ2n) is 22.8. The number of aryl methyl sites for hydroxylation is 1. The van der Waals surface area contributed by atoms with Gasteiger partial charge in [0.1, 0.15) is 23.0 Å². The molecule has 18 nitrogen and oxygen atoms in total. The van der Waals surface area contributed by atoms with E-state index in [0.717, 1.165) is 147 Å². The van der Waals surface area contributed by atoms with Crippen LogP contribution in [0, 0.1) is 6.92 Å². The summed E-state index contributed by atoms with van der Waals surface area (Å²) in [6.45, 7) is 21.5. The lowest BCUT2D eigenvalue weighted by Crippen LogP contribution is -2.09. The van der Waals surface area contributed by atoms with E-state index in [4.69, 9.17) is 47.4 Å². The largest absolute Gasteiger partial charge is 0.494 e. The molecule has 0 amide bonds. The van der Waals surface area contributed by atoms with Crippen molar-refractivity contribution < 1.29 is 85.7 Å². The van der Waals surface area contributed by atoms with Crippen LogP contribution in [0.2, 0.25) is 0 Å². The molecule has 0 saturated heterocycles. The van der Waals surface area contributed by atoms with Crippen molar-refractivity contribution in [1.29, 1.82) is 0 Å². The van der Waals surface area contributed by atoms with Crippen molar-refractivity contribution in [2.75, 3.05) is 52.9 Å². The van der Waals surface area contributed by atoms with Crippen molar-refractivity contribution in [2.45, 2.75) is 208 Å². The lowest BCUT2D eigenvalue weighted by molar-refractivity contribution is -0.144. The molecule has 94 heavy (non-hydrogen) atoms. The Morgan fingerprint density at radius 2 is 0.628 bits per heavy atom. The number of hydrogen-bond donors (Lipinski definition) is 0. The molecule has 0 unspecified atom stereocenters. The summed E-state index contributed by atoms with van der Waals surface area (Å²) >= 11 is 0.